The lowest BCUT2D eigenvalue weighted by Crippen LogP contribution is -2.17. The van der Waals surface area contributed by atoms with Gasteiger partial charge in [-0.05, 0) is 30.7 Å². The molecule has 0 saturated carbocycles. The molecule has 1 aromatic rings. The summed E-state index contributed by atoms with van der Waals surface area (Å²) in [4.78, 5) is 11.2. The normalized spacial score (nSPS) is 11.1. The van der Waals surface area contributed by atoms with Gasteiger partial charge in [0, 0.05) is 12.1 Å². The first-order chi connectivity index (χ1) is 7.90. The number of anilines is 1. The summed E-state index contributed by atoms with van der Waals surface area (Å²) >= 11 is 0. The number of halogens is 3. The Morgan fingerprint density at radius 1 is 1.29 bits per heavy atom. The van der Waals surface area contributed by atoms with E-state index in [1.165, 1.54) is 12.1 Å². The van der Waals surface area contributed by atoms with Crippen LogP contribution in [-0.4, -0.2) is 12.3 Å². The van der Waals surface area contributed by atoms with Crippen molar-refractivity contribution in [3.05, 3.63) is 24.3 Å². The highest BCUT2D eigenvalue weighted by molar-refractivity contribution is 5.90. The average Bonchev–Trinajstić information content (AvgIpc) is 2.19. The number of rotatable bonds is 4. The van der Waals surface area contributed by atoms with Crippen LogP contribution in [-0.2, 0) is 4.79 Å². The van der Waals surface area contributed by atoms with E-state index in [-0.39, 0.29) is 11.7 Å². The zero-order valence-corrected chi connectivity index (χ0v) is 9.17. The van der Waals surface area contributed by atoms with Crippen LogP contribution in [0.1, 0.15) is 19.8 Å². The van der Waals surface area contributed by atoms with E-state index in [4.69, 9.17) is 0 Å². The van der Waals surface area contributed by atoms with Crippen LogP contribution in [0.2, 0.25) is 0 Å². The Balaban J connectivity index is 2.59. The first-order valence-electron chi connectivity index (χ1n) is 5.06. The largest absolute Gasteiger partial charge is 0.573 e. The molecule has 0 fully saturated rings. The molecular weight excluding hydrogens is 235 g/mol. The smallest absolute Gasteiger partial charge is 0.406 e. The van der Waals surface area contributed by atoms with Gasteiger partial charge in [0.15, 0.2) is 0 Å². The summed E-state index contributed by atoms with van der Waals surface area (Å²) < 4.78 is 39.3. The van der Waals surface area contributed by atoms with Crippen molar-refractivity contribution < 1.29 is 22.7 Å². The van der Waals surface area contributed by atoms with Crippen LogP contribution >= 0.6 is 0 Å². The minimum absolute atomic E-state index is 0.169. The van der Waals surface area contributed by atoms with E-state index in [0.29, 0.717) is 18.5 Å². The first kappa shape index (κ1) is 13.3. The van der Waals surface area contributed by atoms with E-state index in [0.717, 1.165) is 12.1 Å². The van der Waals surface area contributed by atoms with Gasteiger partial charge in [-0.15, -0.1) is 13.2 Å². The fourth-order valence-corrected chi connectivity index (χ4v) is 1.19. The number of carbonyl (C=O) groups is 1. The summed E-state index contributed by atoms with van der Waals surface area (Å²) in [5, 5.41) is 2.56. The fourth-order valence-electron chi connectivity index (χ4n) is 1.19. The summed E-state index contributed by atoms with van der Waals surface area (Å²) in [5.41, 5.74) is 0.443. The summed E-state index contributed by atoms with van der Waals surface area (Å²) in [5.74, 6) is -0.483. The molecule has 0 aromatic heterocycles. The SMILES string of the molecule is CCCC(=O)Nc1ccc(OC(F)(F)F)cc1. The third kappa shape index (κ3) is 5.24. The number of hydrogen-bond donors (Lipinski definition) is 1. The Bertz CT molecular complexity index is 373. The summed E-state index contributed by atoms with van der Waals surface area (Å²) in [6.45, 7) is 1.86. The topological polar surface area (TPSA) is 38.3 Å². The highest BCUT2D eigenvalue weighted by Gasteiger charge is 2.30. The zero-order chi connectivity index (χ0) is 12.9. The van der Waals surface area contributed by atoms with Crippen LogP contribution in [0, 0.1) is 0 Å². The van der Waals surface area contributed by atoms with Crippen LogP contribution < -0.4 is 10.1 Å². The maximum atomic E-state index is 11.9. The number of ether oxygens (including phenoxy) is 1. The Hall–Kier alpha value is -1.72. The van der Waals surface area contributed by atoms with Gasteiger partial charge in [-0.2, -0.15) is 0 Å². The molecule has 0 aliphatic carbocycles. The van der Waals surface area contributed by atoms with Gasteiger partial charge in [-0.1, -0.05) is 6.92 Å². The van der Waals surface area contributed by atoms with Crippen LogP contribution in [0.3, 0.4) is 0 Å². The van der Waals surface area contributed by atoms with Crippen LogP contribution in [0.4, 0.5) is 18.9 Å². The van der Waals surface area contributed by atoms with Gasteiger partial charge >= 0.3 is 6.36 Å². The van der Waals surface area contributed by atoms with Crippen LogP contribution in [0.15, 0.2) is 24.3 Å². The molecule has 1 rings (SSSR count). The molecular formula is C11H12F3NO2. The van der Waals surface area contributed by atoms with E-state index < -0.39 is 6.36 Å². The lowest BCUT2D eigenvalue weighted by molar-refractivity contribution is -0.274. The van der Waals surface area contributed by atoms with Crippen LogP contribution in [0.5, 0.6) is 5.75 Å². The van der Waals surface area contributed by atoms with E-state index in [1.807, 2.05) is 6.92 Å². The number of alkyl halides is 3. The highest BCUT2D eigenvalue weighted by atomic mass is 19.4. The van der Waals surface area contributed by atoms with E-state index in [9.17, 15) is 18.0 Å². The van der Waals surface area contributed by atoms with Crippen molar-refractivity contribution >= 4 is 11.6 Å². The van der Waals surface area contributed by atoms with Crippen molar-refractivity contribution in [2.24, 2.45) is 0 Å². The minimum Gasteiger partial charge on any atom is -0.406 e. The molecule has 94 valence electrons. The second-order valence-corrected chi connectivity index (χ2v) is 3.37. The Morgan fingerprint density at radius 3 is 2.35 bits per heavy atom. The maximum Gasteiger partial charge on any atom is 0.573 e. The highest BCUT2D eigenvalue weighted by Crippen LogP contribution is 2.23. The van der Waals surface area contributed by atoms with Gasteiger partial charge in [-0.25, -0.2) is 0 Å². The summed E-state index contributed by atoms with van der Waals surface area (Å²) in [6.07, 6.45) is -3.62. The summed E-state index contributed by atoms with van der Waals surface area (Å²) in [6, 6.07) is 5.01. The second-order valence-electron chi connectivity index (χ2n) is 3.37. The molecule has 1 N–H and O–H groups in total. The number of carbonyl (C=O) groups excluding carboxylic acids is 1. The van der Waals surface area contributed by atoms with Gasteiger partial charge in [0.05, 0.1) is 0 Å². The monoisotopic (exact) mass is 247 g/mol. The molecule has 0 saturated heterocycles. The van der Waals surface area contributed by atoms with Crippen molar-refractivity contribution in [1.82, 2.24) is 0 Å². The van der Waals surface area contributed by atoms with Crippen molar-refractivity contribution in [3.8, 4) is 5.75 Å². The number of nitrogens with one attached hydrogen (secondary N) is 1. The fraction of sp³-hybridized carbons (Fsp3) is 0.364. The molecule has 0 heterocycles. The van der Waals surface area contributed by atoms with Gasteiger partial charge in [0.2, 0.25) is 5.91 Å². The van der Waals surface area contributed by atoms with E-state index in [2.05, 4.69) is 10.1 Å². The van der Waals surface area contributed by atoms with Crippen LogP contribution in [0.25, 0.3) is 0 Å². The van der Waals surface area contributed by atoms with Crippen molar-refractivity contribution in [2.45, 2.75) is 26.1 Å². The number of amides is 1. The lowest BCUT2D eigenvalue weighted by Gasteiger charge is -2.09. The number of benzene rings is 1. The van der Waals surface area contributed by atoms with Crippen molar-refractivity contribution in [2.75, 3.05) is 5.32 Å². The standard InChI is InChI=1S/C11H12F3NO2/c1-2-3-10(16)15-8-4-6-9(7-5-8)17-11(12,13)14/h4-7H,2-3H2,1H3,(H,15,16). The molecule has 3 nitrogen and oxygen atoms in total. The molecule has 0 atom stereocenters. The van der Waals surface area contributed by atoms with Gasteiger partial charge in [-0.3, -0.25) is 4.79 Å². The molecule has 6 heteroatoms. The van der Waals surface area contributed by atoms with Crippen molar-refractivity contribution in [1.29, 1.82) is 0 Å². The number of hydrogen-bond acceptors (Lipinski definition) is 2. The summed E-state index contributed by atoms with van der Waals surface area (Å²) in [7, 11) is 0. The lowest BCUT2D eigenvalue weighted by atomic mass is 10.2. The predicted octanol–water partition coefficient (Wildman–Crippen LogP) is 3.32. The third-order valence-electron chi connectivity index (χ3n) is 1.85. The van der Waals surface area contributed by atoms with Crippen molar-refractivity contribution in [3.63, 3.8) is 0 Å². The van der Waals surface area contributed by atoms with Gasteiger partial charge < -0.3 is 10.1 Å². The Kier molecular flexibility index (Phi) is 4.37. The predicted molar refractivity (Wildman–Crippen MR) is 56.7 cm³/mol. The van der Waals surface area contributed by atoms with E-state index >= 15 is 0 Å². The maximum absolute atomic E-state index is 11.9. The van der Waals surface area contributed by atoms with Gasteiger partial charge in [0.25, 0.3) is 0 Å². The average molecular weight is 247 g/mol. The molecule has 0 unspecified atom stereocenters. The zero-order valence-electron chi connectivity index (χ0n) is 9.17. The quantitative estimate of drug-likeness (QED) is 0.886. The molecule has 0 spiro atoms. The van der Waals surface area contributed by atoms with E-state index in [1.54, 1.807) is 0 Å². The molecule has 17 heavy (non-hydrogen) atoms. The molecule has 1 amide bonds. The molecule has 1 aromatic carbocycles. The molecule has 0 aliphatic rings. The molecule has 0 radical (unpaired) electrons. The Morgan fingerprint density at radius 2 is 1.88 bits per heavy atom. The third-order valence-corrected chi connectivity index (χ3v) is 1.85. The second kappa shape index (κ2) is 5.56. The van der Waals surface area contributed by atoms with Gasteiger partial charge in [0.1, 0.15) is 5.75 Å². The molecule has 0 aliphatic heterocycles. The Labute approximate surface area is 96.6 Å². The minimum atomic E-state index is -4.70. The molecule has 0 bridgehead atoms. The first-order valence-corrected chi connectivity index (χ1v) is 5.06.